The molecule has 0 aromatic carbocycles. The fourth-order valence-corrected chi connectivity index (χ4v) is 2.85. The Labute approximate surface area is 104 Å². The summed E-state index contributed by atoms with van der Waals surface area (Å²) in [5, 5.41) is 0. The van der Waals surface area contributed by atoms with Crippen LogP contribution in [0.5, 0.6) is 0 Å². The second-order valence-electron chi connectivity index (χ2n) is 5.18. The Kier molecular flexibility index (Phi) is 4.42. The molecule has 0 aliphatic carbocycles. The lowest BCUT2D eigenvalue weighted by Gasteiger charge is -2.48. The summed E-state index contributed by atoms with van der Waals surface area (Å²) in [5.41, 5.74) is 0.252. The van der Waals surface area contributed by atoms with E-state index in [1.807, 2.05) is 0 Å². The predicted molar refractivity (Wildman–Crippen MR) is 63.6 cm³/mol. The van der Waals surface area contributed by atoms with Gasteiger partial charge < -0.3 is 18.9 Å². The molecule has 4 unspecified atom stereocenters. The van der Waals surface area contributed by atoms with Crippen molar-refractivity contribution in [1.29, 1.82) is 0 Å². The summed E-state index contributed by atoms with van der Waals surface area (Å²) in [6.07, 6.45) is 4.71. The predicted octanol–water partition coefficient (Wildman–Crippen LogP) is 2.17. The quantitative estimate of drug-likeness (QED) is 0.688. The first-order chi connectivity index (χ1) is 8.25. The molecule has 0 spiro atoms. The summed E-state index contributed by atoms with van der Waals surface area (Å²) in [6.45, 7) is 3.91. The third kappa shape index (κ3) is 2.50. The van der Waals surface area contributed by atoms with Crippen molar-refractivity contribution in [3.63, 3.8) is 0 Å². The lowest BCUT2D eigenvalue weighted by molar-refractivity contribution is -0.304. The molecule has 4 atom stereocenters. The van der Waals surface area contributed by atoms with Crippen LogP contribution in [0.2, 0.25) is 0 Å². The molecule has 0 aromatic rings. The standard InChI is InChI=1S/C13H24O4/c1-4-13(9-17-12(13)15-3)7-5-6-10-8-16-11(10)14-2/h10-12H,4-9H2,1-3H3. The number of rotatable bonds is 7. The Morgan fingerprint density at radius 1 is 1.24 bits per heavy atom. The van der Waals surface area contributed by atoms with E-state index in [9.17, 15) is 0 Å². The minimum Gasteiger partial charge on any atom is -0.356 e. The van der Waals surface area contributed by atoms with Crippen molar-refractivity contribution in [2.45, 2.75) is 45.2 Å². The Balaban J connectivity index is 1.70. The molecular weight excluding hydrogens is 220 g/mol. The molecule has 0 amide bonds. The van der Waals surface area contributed by atoms with Crippen molar-refractivity contribution in [2.75, 3.05) is 27.4 Å². The van der Waals surface area contributed by atoms with E-state index in [2.05, 4.69) is 6.92 Å². The van der Waals surface area contributed by atoms with E-state index >= 15 is 0 Å². The van der Waals surface area contributed by atoms with Crippen LogP contribution in [0.3, 0.4) is 0 Å². The molecule has 2 heterocycles. The molecule has 2 rings (SSSR count). The molecular formula is C13H24O4. The number of ether oxygens (including phenoxy) is 4. The van der Waals surface area contributed by atoms with Crippen LogP contribution in [-0.2, 0) is 18.9 Å². The molecule has 2 fully saturated rings. The van der Waals surface area contributed by atoms with Gasteiger partial charge in [-0.2, -0.15) is 0 Å². The van der Waals surface area contributed by atoms with Gasteiger partial charge in [-0.05, 0) is 19.3 Å². The van der Waals surface area contributed by atoms with E-state index in [1.54, 1.807) is 14.2 Å². The third-order valence-electron chi connectivity index (χ3n) is 4.28. The molecule has 0 N–H and O–H groups in total. The van der Waals surface area contributed by atoms with Crippen molar-refractivity contribution >= 4 is 0 Å². The molecule has 4 nitrogen and oxygen atoms in total. The average Bonchev–Trinajstić information content (AvgIpc) is 2.28. The van der Waals surface area contributed by atoms with Crippen LogP contribution < -0.4 is 0 Å². The minimum atomic E-state index is 0.00311. The highest BCUT2D eigenvalue weighted by Gasteiger charge is 2.47. The third-order valence-corrected chi connectivity index (χ3v) is 4.28. The van der Waals surface area contributed by atoms with E-state index in [0.29, 0.717) is 5.92 Å². The van der Waals surface area contributed by atoms with Crippen molar-refractivity contribution in [3.05, 3.63) is 0 Å². The van der Waals surface area contributed by atoms with Gasteiger partial charge in [0, 0.05) is 25.6 Å². The smallest absolute Gasteiger partial charge is 0.164 e. The van der Waals surface area contributed by atoms with Crippen molar-refractivity contribution in [2.24, 2.45) is 11.3 Å². The number of hydrogen-bond donors (Lipinski definition) is 0. The van der Waals surface area contributed by atoms with Gasteiger partial charge in [-0.3, -0.25) is 0 Å². The van der Waals surface area contributed by atoms with Crippen molar-refractivity contribution in [1.82, 2.24) is 0 Å². The first kappa shape index (κ1) is 13.3. The fourth-order valence-electron chi connectivity index (χ4n) is 2.85. The lowest BCUT2D eigenvalue weighted by Crippen LogP contribution is -2.52. The van der Waals surface area contributed by atoms with Gasteiger partial charge >= 0.3 is 0 Å². The van der Waals surface area contributed by atoms with Crippen LogP contribution in [-0.4, -0.2) is 40.0 Å². The highest BCUT2D eigenvalue weighted by molar-refractivity contribution is 4.89. The largest absolute Gasteiger partial charge is 0.356 e. The van der Waals surface area contributed by atoms with Gasteiger partial charge in [0.25, 0.3) is 0 Å². The molecule has 2 saturated heterocycles. The maximum Gasteiger partial charge on any atom is 0.164 e. The summed E-state index contributed by atoms with van der Waals surface area (Å²) >= 11 is 0. The lowest BCUT2D eigenvalue weighted by atomic mass is 9.76. The van der Waals surface area contributed by atoms with Crippen LogP contribution in [0.4, 0.5) is 0 Å². The van der Waals surface area contributed by atoms with Crippen LogP contribution in [0.15, 0.2) is 0 Å². The van der Waals surface area contributed by atoms with Gasteiger partial charge in [0.1, 0.15) is 0 Å². The maximum atomic E-state index is 5.46. The van der Waals surface area contributed by atoms with Crippen LogP contribution in [0.1, 0.15) is 32.6 Å². The average molecular weight is 244 g/mol. The normalized spacial score (nSPS) is 40.8. The van der Waals surface area contributed by atoms with Crippen LogP contribution >= 0.6 is 0 Å². The zero-order valence-electron chi connectivity index (χ0n) is 11.1. The SMILES string of the molecule is CCC1(CCCC2COC2OC)COC1OC. The minimum absolute atomic E-state index is 0.00311. The summed E-state index contributed by atoms with van der Waals surface area (Å²) in [4.78, 5) is 0. The topological polar surface area (TPSA) is 36.9 Å². The number of hydrogen-bond acceptors (Lipinski definition) is 4. The highest BCUT2D eigenvalue weighted by atomic mass is 16.7. The van der Waals surface area contributed by atoms with E-state index in [-0.39, 0.29) is 18.0 Å². The Hall–Kier alpha value is -0.160. The fraction of sp³-hybridized carbons (Fsp3) is 1.00. The highest BCUT2D eigenvalue weighted by Crippen LogP contribution is 2.43. The second-order valence-corrected chi connectivity index (χ2v) is 5.18. The van der Waals surface area contributed by atoms with E-state index in [0.717, 1.165) is 19.6 Å². The summed E-state index contributed by atoms with van der Waals surface area (Å²) in [5.74, 6) is 0.580. The van der Waals surface area contributed by atoms with E-state index < -0.39 is 0 Å². The van der Waals surface area contributed by atoms with Gasteiger partial charge in [0.05, 0.1) is 13.2 Å². The zero-order chi connectivity index (χ0) is 12.3. The molecule has 0 bridgehead atoms. The Morgan fingerprint density at radius 2 is 2.06 bits per heavy atom. The van der Waals surface area contributed by atoms with Gasteiger partial charge in [-0.15, -0.1) is 0 Å². The van der Waals surface area contributed by atoms with Gasteiger partial charge in [0.15, 0.2) is 12.6 Å². The first-order valence-corrected chi connectivity index (χ1v) is 6.54. The van der Waals surface area contributed by atoms with E-state index in [1.165, 1.54) is 19.3 Å². The Bertz CT molecular complexity index is 238. The second kappa shape index (κ2) is 5.65. The van der Waals surface area contributed by atoms with Crippen molar-refractivity contribution < 1.29 is 18.9 Å². The van der Waals surface area contributed by atoms with Crippen LogP contribution in [0.25, 0.3) is 0 Å². The van der Waals surface area contributed by atoms with Gasteiger partial charge in [0.2, 0.25) is 0 Å². The van der Waals surface area contributed by atoms with Crippen molar-refractivity contribution in [3.8, 4) is 0 Å². The first-order valence-electron chi connectivity index (χ1n) is 6.54. The van der Waals surface area contributed by atoms with Crippen LogP contribution in [0, 0.1) is 11.3 Å². The molecule has 2 aliphatic rings. The molecule has 0 aromatic heterocycles. The molecule has 100 valence electrons. The molecule has 2 aliphatic heterocycles. The molecule has 4 heteroatoms. The molecule has 0 saturated carbocycles. The molecule has 17 heavy (non-hydrogen) atoms. The molecule has 0 radical (unpaired) electrons. The van der Waals surface area contributed by atoms with E-state index in [4.69, 9.17) is 18.9 Å². The van der Waals surface area contributed by atoms with Gasteiger partial charge in [-0.25, -0.2) is 0 Å². The summed E-state index contributed by atoms with van der Waals surface area (Å²) in [6, 6.07) is 0. The number of methoxy groups -OCH3 is 2. The Morgan fingerprint density at radius 3 is 2.47 bits per heavy atom. The maximum absolute atomic E-state index is 5.46. The summed E-state index contributed by atoms with van der Waals surface area (Å²) < 4.78 is 21.3. The van der Waals surface area contributed by atoms with Gasteiger partial charge in [-0.1, -0.05) is 13.3 Å². The zero-order valence-corrected chi connectivity index (χ0v) is 11.1. The monoisotopic (exact) mass is 244 g/mol. The summed E-state index contributed by atoms with van der Waals surface area (Å²) in [7, 11) is 3.44.